The molecule has 156 valence electrons. The predicted molar refractivity (Wildman–Crippen MR) is 115 cm³/mol. The van der Waals surface area contributed by atoms with Gasteiger partial charge in [-0.2, -0.15) is 0 Å². The van der Waals surface area contributed by atoms with E-state index in [1.807, 2.05) is 24.3 Å². The van der Waals surface area contributed by atoms with Gasteiger partial charge in [-0.25, -0.2) is 0 Å². The first-order chi connectivity index (χ1) is 13.5. The lowest BCUT2D eigenvalue weighted by Gasteiger charge is -2.18. The molecule has 6 heteroatoms. The number of ether oxygens (including phenoxy) is 1. The zero-order valence-corrected chi connectivity index (χ0v) is 17.8. The van der Waals surface area contributed by atoms with Crippen molar-refractivity contribution >= 4 is 11.9 Å². The van der Waals surface area contributed by atoms with Crippen molar-refractivity contribution in [1.82, 2.24) is 16.0 Å². The third kappa shape index (κ3) is 9.11. The van der Waals surface area contributed by atoms with Crippen molar-refractivity contribution in [3.8, 4) is 5.75 Å². The highest BCUT2D eigenvalue weighted by Crippen LogP contribution is 2.18. The molecule has 2 rings (SSSR count). The number of carbonyl (C=O) groups excluding carboxylic acids is 1. The van der Waals surface area contributed by atoms with Crippen LogP contribution in [0.4, 0.5) is 0 Å². The van der Waals surface area contributed by atoms with Crippen molar-refractivity contribution < 1.29 is 9.53 Å². The zero-order chi connectivity index (χ0) is 20.4. The van der Waals surface area contributed by atoms with Gasteiger partial charge >= 0.3 is 0 Å². The van der Waals surface area contributed by atoms with E-state index < -0.39 is 0 Å². The number of amides is 1. The molecule has 1 aromatic rings. The monoisotopic (exact) mass is 388 g/mol. The van der Waals surface area contributed by atoms with Crippen molar-refractivity contribution in [2.75, 3.05) is 13.7 Å². The molecule has 1 aliphatic rings. The van der Waals surface area contributed by atoms with Crippen LogP contribution >= 0.6 is 0 Å². The summed E-state index contributed by atoms with van der Waals surface area (Å²) in [7, 11) is 1.79. The number of benzene rings is 1. The van der Waals surface area contributed by atoms with Crippen molar-refractivity contribution in [2.45, 2.75) is 71.5 Å². The lowest BCUT2D eigenvalue weighted by Crippen LogP contribution is -2.41. The highest BCUT2D eigenvalue weighted by atomic mass is 16.5. The minimum atomic E-state index is -0.0536. The summed E-state index contributed by atoms with van der Waals surface area (Å²) >= 11 is 0. The molecule has 0 saturated heterocycles. The van der Waals surface area contributed by atoms with Gasteiger partial charge in [-0.3, -0.25) is 9.79 Å². The third-order valence-corrected chi connectivity index (χ3v) is 4.70. The molecule has 1 aromatic carbocycles. The van der Waals surface area contributed by atoms with Crippen LogP contribution in [-0.2, 0) is 11.3 Å². The van der Waals surface area contributed by atoms with Crippen LogP contribution in [0.2, 0.25) is 0 Å². The van der Waals surface area contributed by atoms with Gasteiger partial charge in [-0.05, 0) is 49.8 Å². The van der Waals surface area contributed by atoms with Gasteiger partial charge in [0.05, 0.1) is 0 Å². The van der Waals surface area contributed by atoms with Gasteiger partial charge in [0.2, 0.25) is 0 Å². The Morgan fingerprint density at radius 1 is 1.25 bits per heavy atom. The van der Waals surface area contributed by atoms with Crippen LogP contribution in [0.3, 0.4) is 0 Å². The maximum Gasteiger partial charge on any atom is 0.258 e. The highest BCUT2D eigenvalue weighted by molar-refractivity contribution is 5.80. The number of rotatable bonds is 11. The Morgan fingerprint density at radius 2 is 2.04 bits per heavy atom. The molecular weight excluding hydrogens is 352 g/mol. The minimum Gasteiger partial charge on any atom is -0.484 e. The van der Waals surface area contributed by atoms with Gasteiger partial charge in [0, 0.05) is 25.7 Å². The lowest BCUT2D eigenvalue weighted by molar-refractivity contribution is -0.123. The van der Waals surface area contributed by atoms with Gasteiger partial charge in [0.25, 0.3) is 5.91 Å². The summed E-state index contributed by atoms with van der Waals surface area (Å²) in [5.41, 5.74) is 1.08. The van der Waals surface area contributed by atoms with Gasteiger partial charge in [0.1, 0.15) is 5.75 Å². The number of aliphatic imine (C=N–C) groups is 1. The van der Waals surface area contributed by atoms with Crippen molar-refractivity contribution in [1.29, 1.82) is 0 Å². The topological polar surface area (TPSA) is 74.8 Å². The summed E-state index contributed by atoms with van der Waals surface area (Å²) in [6.45, 7) is 7.41. The van der Waals surface area contributed by atoms with E-state index in [2.05, 4.69) is 41.7 Å². The maximum atomic E-state index is 11.7. The van der Waals surface area contributed by atoms with Crippen LogP contribution in [0.25, 0.3) is 0 Å². The molecule has 1 aliphatic carbocycles. The Kier molecular flexibility index (Phi) is 9.11. The average Bonchev–Trinajstić information content (AvgIpc) is 3.47. The van der Waals surface area contributed by atoms with Gasteiger partial charge < -0.3 is 20.7 Å². The van der Waals surface area contributed by atoms with Crippen LogP contribution in [0, 0.1) is 5.92 Å². The molecule has 6 nitrogen and oxygen atoms in total. The Labute approximate surface area is 169 Å². The number of nitrogens with one attached hydrogen (secondary N) is 3. The number of hydrogen-bond acceptors (Lipinski definition) is 3. The number of carbonyl (C=O) groups is 1. The van der Waals surface area contributed by atoms with E-state index in [9.17, 15) is 4.79 Å². The molecule has 0 radical (unpaired) electrons. The Hall–Kier alpha value is -2.24. The number of hydrogen-bond donors (Lipinski definition) is 3. The molecule has 3 N–H and O–H groups in total. The Balaban J connectivity index is 1.73. The molecule has 1 atom stereocenters. The SMILES string of the molecule is CN=C(NCc1cccc(OCC(=O)NC2CC2)c1)NC(C)CCCC(C)C. The first-order valence-electron chi connectivity index (χ1n) is 10.4. The van der Waals surface area contributed by atoms with Crippen LogP contribution in [0.1, 0.15) is 58.4 Å². The fourth-order valence-corrected chi connectivity index (χ4v) is 2.91. The van der Waals surface area contributed by atoms with E-state index in [0.29, 0.717) is 24.4 Å². The van der Waals surface area contributed by atoms with Crippen molar-refractivity contribution in [2.24, 2.45) is 10.9 Å². The molecule has 0 heterocycles. The van der Waals surface area contributed by atoms with Crippen molar-refractivity contribution in [3.05, 3.63) is 29.8 Å². The van der Waals surface area contributed by atoms with Crippen LogP contribution in [0.15, 0.2) is 29.3 Å². The first-order valence-corrected chi connectivity index (χ1v) is 10.4. The minimum absolute atomic E-state index is 0.0536. The van der Waals surface area contributed by atoms with Crippen LogP contribution in [0.5, 0.6) is 5.75 Å². The van der Waals surface area contributed by atoms with E-state index in [4.69, 9.17) is 4.74 Å². The van der Waals surface area contributed by atoms with Gasteiger partial charge in [-0.15, -0.1) is 0 Å². The predicted octanol–water partition coefficient (Wildman–Crippen LogP) is 3.22. The molecular formula is C22H36N4O2. The van der Waals surface area contributed by atoms with Crippen LogP contribution < -0.4 is 20.7 Å². The molecule has 28 heavy (non-hydrogen) atoms. The second-order valence-corrected chi connectivity index (χ2v) is 8.07. The quantitative estimate of drug-likeness (QED) is 0.402. The van der Waals surface area contributed by atoms with Crippen LogP contribution in [-0.4, -0.2) is 37.6 Å². The summed E-state index contributed by atoms with van der Waals surface area (Å²) < 4.78 is 5.61. The average molecular weight is 389 g/mol. The second-order valence-electron chi connectivity index (χ2n) is 8.07. The zero-order valence-electron chi connectivity index (χ0n) is 17.8. The molecule has 0 spiro atoms. The normalized spacial score (nSPS) is 15.2. The Morgan fingerprint density at radius 3 is 2.71 bits per heavy atom. The summed E-state index contributed by atoms with van der Waals surface area (Å²) in [5.74, 6) is 2.20. The largest absolute Gasteiger partial charge is 0.484 e. The number of guanidine groups is 1. The smallest absolute Gasteiger partial charge is 0.258 e. The van der Waals surface area contributed by atoms with Gasteiger partial charge in [-0.1, -0.05) is 38.8 Å². The fraction of sp³-hybridized carbons (Fsp3) is 0.636. The van der Waals surface area contributed by atoms with Gasteiger partial charge in [0.15, 0.2) is 12.6 Å². The molecule has 1 saturated carbocycles. The highest BCUT2D eigenvalue weighted by Gasteiger charge is 2.23. The van der Waals surface area contributed by atoms with E-state index in [0.717, 1.165) is 36.7 Å². The second kappa shape index (κ2) is 11.6. The lowest BCUT2D eigenvalue weighted by atomic mass is 10.0. The van der Waals surface area contributed by atoms with Crippen molar-refractivity contribution in [3.63, 3.8) is 0 Å². The van der Waals surface area contributed by atoms with E-state index >= 15 is 0 Å². The summed E-state index contributed by atoms with van der Waals surface area (Å²) in [6.07, 6.45) is 5.77. The standard InChI is InChI=1S/C22H36N4O2/c1-16(2)7-5-8-17(3)25-22(23-4)24-14-18-9-6-10-20(13-18)28-15-21(27)26-19-11-12-19/h6,9-10,13,16-17,19H,5,7-8,11-12,14-15H2,1-4H3,(H,26,27)(H2,23,24,25). The molecule has 1 fully saturated rings. The summed E-state index contributed by atoms with van der Waals surface area (Å²) in [5, 5.41) is 9.72. The summed E-state index contributed by atoms with van der Waals surface area (Å²) in [6, 6.07) is 8.54. The fourth-order valence-electron chi connectivity index (χ4n) is 2.91. The van der Waals surface area contributed by atoms with E-state index in [1.54, 1.807) is 7.05 Å². The maximum absolute atomic E-state index is 11.7. The molecule has 1 unspecified atom stereocenters. The third-order valence-electron chi connectivity index (χ3n) is 4.70. The molecule has 0 aliphatic heterocycles. The first kappa shape index (κ1) is 22.1. The van der Waals surface area contributed by atoms with E-state index in [-0.39, 0.29) is 12.5 Å². The number of nitrogens with zero attached hydrogens (tertiary/aromatic N) is 1. The Bertz CT molecular complexity index is 641. The molecule has 0 aromatic heterocycles. The molecule has 0 bridgehead atoms. The molecule has 1 amide bonds. The summed E-state index contributed by atoms with van der Waals surface area (Å²) in [4.78, 5) is 16.1. The van der Waals surface area contributed by atoms with E-state index in [1.165, 1.54) is 12.8 Å².